The molecule has 28 heavy (non-hydrogen) atoms. The van der Waals surface area contributed by atoms with Crippen LogP contribution in [0.2, 0.25) is 5.02 Å². The van der Waals surface area contributed by atoms with Crippen molar-refractivity contribution < 1.29 is 23.9 Å². The van der Waals surface area contributed by atoms with Crippen molar-refractivity contribution in [1.29, 1.82) is 0 Å². The predicted molar refractivity (Wildman–Crippen MR) is 107 cm³/mol. The molecule has 2 amide bonds. The third-order valence-electron chi connectivity index (χ3n) is 4.04. The minimum Gasteiger partial charge on any atom is -0.489 e. The summed E-state index contributed by atoms with van der Waals surface area (Å²) in [6.45, 7) is 1.48. The van der Waals surface area contributed by atoms with Gasteiger partial charge >= 0.3 is 5.97 Å². The Morgan fingerprint density at radius 1 is 1.21 bits per heavy atom. The number of hydrogen-bond donors (Lipinski definition) is 1. The number of imide groups is 1. The van der Waals surface area contributed by atoms with Gasteiger partial charge in [-0.25, -0.2) is 0 Å². The van der Waals surface area contributed by atoms with Crippen LogP contribution < -0.4 is 10.1 Å². The highest BCUT2D eigenvalue weighted by atomic mass is 35.5. The lowest BCUT2D eigenvalue weighted by molar-refractivity contribution is -0.148. The van der Waals surface area contributed by atoms with E-state index >= 15 is 0 Å². The normalized spacial score (nSPS) is 17.1. The molecule has 0 radical (unpaired) electrons. The van der Waals surface area contributed by atoms with Crippen molar-refractivity contribution in [2.24, 2.45) is 0 Å². The minimum atomic E-state index is -0.583. The summed E-state index contributed by atoms with van der Waals surface area (Å²) in [6, 6.07) is 14.3. The molecule has 1 aliphatic heterocycles. The summed E-state index contributed by atoms with van der Waals surface area (Å²) in [7, 11) is 0. The average molecular weight is 420 g/mol. The number of nitrogens with one attached hydrogen (secondary N) is 1. The number of amides is 2. The van der Waals surface area contributed by atoms with Crippen LogP contribution in [0.1, 0.15) is 24.2 Å². The maximum Gasteiger partial charge on any atom is 0.303 e. The zero-order valence-electron chi connectivity index (χ0n) is 15.0. The van der Waals surface area contributed by atoms with E-state index in [-0.39, 0.29) is 17.8 Å². The molecular formula is C20H18ClNO5S. The molecule has 146 valence electrons. The van der Waals surface area contributed by atoms with Gasteiger partial charge in [0, 0.05) is 11.9 Å². The van der Waals surface area contributed by atoms with E-state index in [9.17, 15) is 14.4 Å². The van der Waals surface area contributed by atoms with Crippen LogP contribution in [0, 0.1) is 0 Å². The Bertz CT molecular complexity index is 886. The van der Waals surface area contributed by atoms with Crippen molar-refractivity contribution in [3.63, 3.8) is 0 Å². The number of thioether (sulfide) groups is 1. The van der Waals surface area contributed by atoms with E-state index in [0.29, 0.717) is 17.2 Å². The number of benzene rings is 2. The molecule has 1 saturated heterocycles. The van der Waals surface area contributed by atoms with Crippen molar-refractivity contribution in [3.05, 3.63) is 64.7 Å². The van der Waals surface area contributed by atoms with Crippen molar-refractivity contribution >= 4 is 40.5 Å². The van der Waals surface area contributed by atoms with Crippen molar-refractivity contribution in [2.45, 2.75) is 24.7 Å². The Kier molecular flexibility index (Phi) is 6.59. The molecule has 2 aromatic carbocycles. The van der Waals surface area contributed by atoms with E-state index in [0.717, 1.165) is 22.9 Å². The van der Waals surface area contributed by atoms with Gasteiger partial charge in [0.25, 0.3) is 5.24 Å². The van der Waals surface area contributed by atoms with Gasteiger partial charge in [-0.05, 0) is 41.8 Å². The third kappa shape index (κ3) is 5.50. The SMILES string of the molecule is CC(=O)O[C@@H](COc1ccc(CC2SC(=O)NC2=O)cc1)c1cccc(Cl)c1. The van der Waals surface area contributed by atoms with Crippen molar-refractivity contribution in [1.82, 2.24) is 5.32 Å². The quantitative estimate of drug-likeness (QED) is 0.685. The summed E-state index contributed by atoms with van der Waals surface area (Å²) in [4.78, 5) is 34.3. The molecule has 1 fully saturated rings. The molecule has 0 bridgehead atoms. The van der Waals surface area contributed by atoms with Crippen LogP contribution in [0.15, 0.2) is 48.5 Å². The Hall–Kier alpha value is -2.51. The molecule has 6 nitrogen and oxygen atoms in total. The molecule has 0 aromatic heterocycles. The highest BCUT2D eigenvalue weighted by Gasteiger charge is 2.31. The van der Waals surface area contributed by atoms with Gasteiger partial charge in [0.1, 0.15) is 12.4 Å². The summed E-state index contributed by atoms with van der Waals surface area (Å²) in [6.07, 6.45) is -0.123. The number of esters is 1. The molecule has 1 aliphatic rings. The Balaban J connectivity index is 1.61. The van der Waals surface area contributed by atoms with Gasteiger partial charge in [0.2, 0.25) is 5.91 Å². The number of carbonyl (C=O) groups excluding carboxylic acids is 3. The number of carbonyl (C=O) groups is 3. The first-order valence-electron chi connectivity index (χ1n) is 8.56. The van der Waals surface area contributed by atoms with Crippen LogP contribution >= 0.6 is 23.4 Å². The maximum atomic E-state index is 11.7. The summed E-state index contributed by atoms with van der Waals surface area (Å²) >= 11 is 7.02. The fourth-order valence-electron chi connectivity index (χ4n) is 2.74. The monoisotopic (exact) mass is 419 g/mol. The first-order chi connectivity index (χ1) is 13.4. The minimum absolute atomic E-state index is 0.134. The van der Waals surface area contributed by atoms with E-state index in [1.807, 2.05) is 18.2 Å². The van der Waals surface area contributed by atoms with Gasteiger partial charge < -0.3 is 9.47 Å². The van der Waals surface area contributed by atoms with Gasteiger partial charge in [-0.3, -0.25) is 19.7 Å². The molecule has 1 unspecified atom stereocenters. The zero-order chi connectivity index (χ0) is 20.1. The maximum absolute atomic E-state index is 11.7. The smallest absolute Gasteiger partial charge is 0.303 e. The molecule has 3 rings (SSSR count). The molecule has 2 atom stereocenters. The van der Waals surface area contributed by atoms with E-state index in [1.165, 1.54) is 6.92 Å². The largest absolute Gasteiger partial charge is 0.489 e. The highest BCUT2D eigenvalue weighted by Crippen LogP contribution is 2.25. The van der Waals surface area contributed by atoms with Gasteiger partial charge in [0.05, 0.1) is 5.25 Å². The molecular weight excluding hydrogens is 402 g/mol. The van der Waals surface area contributed by atoms with Crippen LogP contribution in [0.5, 0.6) is 5.75 Å². The molecule has 0 saturated carbocycles. The van der Waals surface area contributed by atoms with Gasteiger partial charge in [-0.15, -0.1) is 0 Å². The second kappa shape index (κ2) is 9.12. The lowest BCUT2D eigenvalue weighted by atomic mass is 10.1. The average Bonchev–Trinajstić information content (AvgIpc) is 2.96. The zero-order valence-corrected chi connectivity index (χ0v) is 16.6. The number of rotatable bonds is 7. The molecule has 1 N–H and O–H groups in total. The Morgan fingerprint density at radius 2 is 1.96 bits per heavy atom. The summed E-state index contributed by atoms with van der Waals surface area (Å²) in [5, 5.41) is 2.10. The first-order valence-corrected chi connectivity index (χ1v) is 9.82. The third-order valence-corrected chi connectivity index (χ3v) is 5.26. The van der Waals surface area contributed by atoms with Crippen LogP contribution in [0.3, 0.4) is 0 Å². The molecule has 0 aliphatic carbocycles. The van der Waals surface area contributed by atoms with Crippen molar-refractivity contribution in [3.8, 4) is 5.75 Å². The fraction of sp³-hybridized carbons (Fsp3) is 0.250. The summed E-state index contributed by atoms with van der Waals surface area (Å²) in [5.41, 5.74) is 1.66. The fourth-order valence-corrected chi connectivity index (χ4v) is 3.80. The van der Waals surface area contributed by atoms with Gasteiger partial charge in [-0.2, -0.15) is 0 Å². The molecule has 1 heterocycles. The second-order valence-corrected chi connectivity index (χ2v) is 7.81. The number of ether oxygens (including phenoxy) is 2. The van der Waals surface area contributed by atoms with Crippen LogP contribution in [-0.4, -0.2) is 29.0 Å². The lowest BCUT2D eigenvalue weighted by Crippen LogP contribution is -2.25. The van der Waals surface area contributed by atoms with E-state index in [1.54, 1.807) is 30.3 Å². The summed E-state index contributed by atoms with van der Waals surface area (Å²) in [5.74, 6) is -0.0746. The number of hydrogen-bond acceptors (Lipinski definition) is 6. The standard InChI is InChI=1S/C20H18ClNO5S/c1-12(23)27-17(14-3-2-4-15(21)10-14)11-26-16-7-5-13(6-8-16)9-18-19(24)22-20(25)28-18/h2-8,10,17-18H,9,11H2,1H3,(H,22,24,25)/t17-,18?/m0/s1. The summed E-state index contributed by atoms with van der Waals surface area (Å²) < 4.78 is 11.1. The molecule has 8 heteroatoms. The van der Waals surface area contributed by atoms with Crippen molar-refractivity contribution in [2.75, 3.05) is 6.61 Å². The van der Waals surface area contributed by atoms with Crippen LogP contribution in [0.4, 0.5) is 4.79 Å². The molecule has 2 aromatic rings. The highest BCUT2D eigenvalue weighted by molar-refractivity contribution is 8.15. The van der Waals surface area contributed by atoms with Gasteiger partial charge in [0.15, 0.2) is 6.10 Å². The lowest BCUT2D eigenvalue weighted by Gasteiger charge is -2.18. The molecule has 0 spiro atoms. The van der Waals surface area contributed by atoms with Crippen LogP contribution in [0.25, 0.3) is 0 Å². The first kappa shape index (κ1) is 20.2. The second-order valence-electron chi connectivity index (χ2n) is 6.20. The number of halogens is 1. The topological polar surface area (TPSA) is 81.7 Å². The van der Waals surface area contributed by atoms with E-state index < -0.39 is 17.3 Å². The Labute approximate surface area is 171 Å². The van der Waals surface area contributed by atoms with E-state index in [4.69, 9.17) is 21.1 Å². The van der Waals surface area contributed by atoms with Gasteiger partial charge in [-0.1, -0.05) is 47.6 Å². The Morgan fingerprint density at radius 3 is 2.57 bits per heavy atom. The van der Waals surface area contributed by atoms with Crippen LogP contribution in [-0.2, 0) is 20.7 Å². The predicted octanol–water partition coefficient (Wildman–Crippen LogP) is 3.92. The van der Waals surface area contributed by atoms with E-state index in [2.05, 4.69) is 5.32 Å².